The Morgan fingerprint density at radius 2 is 1.83 bits per heavy atom. The van der Waals surface area contributed by atoms with E-state index in [1.54, 1.807) is 37.1 Å². The molecule has 0 radical (unpaired) electrons. The zero-order valence-electron chi connectivity index (χ0n) is 20.1. The minimum atomic E-state index is -1.28. The standard InChI is InChI=1S/C26H27N3O4S2/c1-6-12-29-23(31)26(35-24(29)34)20(16-8-7-9-17(13-16)32-4)15-27(2)25(26)19-14-18(33-5)10-11-21(19)28(3)22(25)30/h6-11,13-14,20H,1,12,15H2,2-5H3. The first-order valence-corrected chi connectivity index (χ1v) is 12.5. The summed E-state index contributed by atoms with van der Waals surface area (Å²) in [6.07, 6.45) is 1.66. The predicted molar refractivity (Wildman–Crippen MR) is 141 cm³/mol. The molecule has 3 heterocycles. The number of methoxy groups -OCH3 is 2. The monoisotopic (exact) mass is 509 g/mol. The van der Waals surface area contributed by atoms with Crippen LogP contribution in [0.4, 0.5) is 5.69 Å². The van der Waals surface area contributed by atoms with E-state index in [-0.39, 0.29) is 24.3 Å². The number of thiocarbonyl (C=S) groups is 1. The smallest absolute Gasteiger partial charge is 0.254 e. The zero-order valence-corrected chi connectivity index (χ0v) is 21.7. The number of rotatable bonds is 5. The number of carbonyl (C=O) groups is 2. The summed E-state index contributed by atoms with van der Waals surface area (Å²) in [5, 5.41) is 0. The number of nitrogens with zero attached hydrogens (tertiary/aromatic N) is 3. The second-order valence-electron chi connectivity index (χ2n) is 8.98. The van der Waals surface area contributed by atoms with Gasteiger partial charge >= 0.3 is 0 Å². The Balaban J connectivity index is 1.84. The van der Waals surface area contributed by atoms with E-state index in [1.165, 1.54) is 11.8 Å². The first-order chi connectivity index (χ1) is 16.8. The van der Waals surface area contributed by atoms with Gasteiger partial charge in [0.05, 0.1) is 14.2 Å². The average Bonchev–Trinajstić information content (AvgIpc) is 3.37. The molecule has 3 unspecified atom stereocenters. The lowest BCUT2D eigenvalue weighted by Crippen LogP contribution is -2.62. The zero-order chi connectivity index (χ0) is 25.1. The van der Waals surface area contributed by atoms with E-state index >= 15 is 0 Å². The van der Waals surface area contributed by atoms with E-state index in [0.29, 0.717) is 22.4 Å². The van der Waals surface area contributed by atoms with Crippen molar-refractivity contribution in [3.8, 4) is 11.5 Å². The van der Waals surface area contributed by atoms with Gasteiger partial charge in [0.25, 0.3) is 5.91 Å². The molecule has 2 fully saturated rings. The Labute approximate surface area is 214 Å². The Bertz CT molecular complexity index is 1270. The maximum absolute atomic E-state index is 14.5. The predicted octanol–water partition coefficient (Wildman–Crippen LogP) is 3.39. The number of hydrogen-bond donors (Lipinski definition) is 0. The molecular weight excluding hydrogens is 482 g/mol. The van der Waals surface area contributed by atoms with Crippen LogP contribution in [0.25, 0.3) is 0 Å². The highest BCUT2D eigenvalue weighted by molar-refractivity contribution is 8.25. The second kappa shape index (κ2) is 8.36. The topological polar surface area (TPSA) is 62.3 Å². The molecule has 0 saturated carbocycles. The first kappa shape index (κ1) is 23.8. The van der Waals surface area contributed by atoms with Gasteiger partial charge in [-0.15, -0.1) is 6.58 Å². The van der Waals surface area contributed by atoms with Gasteiger partial charge in [0.15, 0.2) is 5.54 Å². The van der Waals surface area contributed by atoms with Gasteiger partial charge in [-0.3, -0.25) is 19.4 Å². The van der Waals surface area contributed by atoms with Crippen LogP contribution in [0.5, 0.6) is 11.5 Å². The summed E-state index contributed by atoms with van der Waals surface area (Å²) in [4.78, 5) is 34.1. The highest BCUT2D eigenvalue weighted by Gasteiger charge is 2.78. The Kier molecular flexibility index (Phi) is 5.69. The first-order valence-electron chi connectivity index (χ1n) is 11.3. The molecule has 35 heavy (non-hydrogen) atoms. The molecule has 0 aromatic heterocycles. The molecule has 2 saturated heterocycles. The van der Waals surface area contributed by atoms with Gasteiger partial charge in [-0.2, -0.15) is 0 Å². The van der Waals surface area contributed by atoms with Crippen LogP contribution in [0.3, 0.4) is 0 Å². The molecule has 2 aromatic carbocycles. The SMILES string of the molecule is C=CCN1C(=O)C2(SC1=S)C(c1cccc(OC)c1)CN(C)C21C(=O)N(C)c2ccc(OC)cc21. The number of ether oxygens (including phenoxy) is 2. The lowest BCUT2D eigenvalue weighted by atomic mass is 9.72. The van der Waals surface area contributed by atoms with Crippen LogP contribution in [0.2, 0.25) is 0 Å². The molecule has 2 amide bonds. The molecule has 0 N–H and O–H groups in total. The summed E-state index contributed by atoms with van der Waals surface area (Å²) in [7, 11) is 6.88. The van der Waals surface area contributed by atoms with E-state index in [9.17, 15) is 9.59 Å². The fourth-order valence-electron chi connectivity index (χ4n) is 5.95. The van der Waals surface area contributed by atoms with Crippen LogP contribution in [-0.4, -0.2) is 72.1 Å². The fourth-order valence-corrected chi connectivity index (χ4v) is 8.09. The number of likely N-dealkylation sites (N-methyl/N-ethyl adjacent to an activating group) is 2. The third kappa shape index (κ3) is 2.92. The van der Waals surface area contributed by atoms with E-state index in [1.807, 2.05) is 54.4 Å². The number of likely N-dealkylation sites (tertiary alicyclic amines) is 1. The van der Waals surface area contributed by atoms with Crippen LogP contribution < -0.4 is 14.4 Å². The van der Waals surface area contributed by atoms with Gasteiger partial charge in [0.1, 0.15) is 20.6 Å². The minimum Gasteiger partial charge on any atom is -0.497 e. The van der Waals surface area contributed by atoms with Crippen LogP contribution in [0.15, 0.2) is 55.1 Å². The van der Waals surface area contributed by atoms with Crippen LogP contribution in [0.1, 0.15) is 17.0 Å². The summed E-state index contributed by atoms with van der Waals surface area (Å²) in [6.45, 7) is 4.58. The second-order valence-corrected chi connectivity index (χ2v) is 10.9. The molecule has 7 nitrogen and oxygen atoms in total. The Morgan fingerprint density at radius 3 is 2.51 bits per heavy atom. The third-order valence-electron chi connectivity index (χ3n) is 7.47. The lowest BCUT2D eigenvalue weighted by molar-refractivity contribution is -0.138. The van der Waals surface area contributed by atoms with E-state index in [0.717, 1.165) is 16.8 Å². The summed E-state index contributed by atoms with van der Waals surface area (Å²) in [5.74, 6) is 0.654. The quantitative estimate of drug-likeness (QED) is 0.452. The van der Waals surface area contributed by atoms with Crippen molar-refractivity contribution < 1.29 is 19.1 Å². The van der Waals surface area contributed by atoms with Crippen molar-refractivity contribution in [1.29, 1.82) is 0 Å². The molecule has 2 spiro atoms. The number of benzene rings is 2. The molecule has 5 rings (SSSR count). The van der Waals surface area contributed by atoms with Gasteiger partial charge < -0.3 is 14.4 Å². The van der Waals surface area contributed by atoms with Gasteiger partial charge in [-0.1, -0.05) is 42.2 Å². The highest BCUT2D eigenvalue weighted by atomic mass is 32.2. The Hall–Kier alpha value is -2.88. The number of carbonyl (C=O) groups excluding carboxylic acids is 2. The summed E-state index contributed by atoms with van der Waals surface area (Å²) < 4.78 is 10.3. The van der Waals surface area contributed by atoms with Gasteiger partial charge in [-0.25, -0.2) is 0 Å². The number of fused-ring (bicyclic) bond motifs is 3. The van der Waals surface area contributed by atoms with Crippen LogP contribution in [-0.2, 0) is 15.1 Å². The van der Waals surface area contributed by atoms with Crippen molar-refractivity contribution in [2.24, 2.45) is 0 Å². The van der Waals surface area contributed by atoms with Crippen molar-refractivity contribution in [2.75, 3.05) is 46.3 Å². The third-order valence-corrected chi connectivity index (χ3v) is 9.41. The molecule has 182 valence electrons. The van der Waals surface area contributed by atoms with Crippen molar-refractivity contribution in [3.63, 3.8) is 0 Å². The molecule has 2 aromatic rings. The molecule has 3 atom stereocenters. The number of anilines is 1. The molecule has 3 aliphatic rings. The minimum absolute atomic E-state index is 0.155. The molecule has 0 aliphatic carbocycles. The maximum atomic E-state index is 14.5. The Morgan fingerprint density at radius 1 is 1.11 bits per heavy atom. The van der Waals surface area contributed by atoms with Crippen molar-refractivity contribution in [3.05, 3.63) is 66.2 Å². The van der Waals surface area contributed by atoms with Crippen LogP contribution >= 0.6 is 24.0 Å². The largest absolute Gasteiger partial charge is 0.497 e. The van der Waals surface area contributed by atoms with Crippen molar-refractivity contribution >= 4 is 45.8 Å². The fraction of sp³-hybridized carbons (Fsp3) is 0.346. The molecule has 9 heteroatoms. The van der Waals surface area contributed by atoms with Crippen molar-refractivity contribution in [1.82, 2.24) is 9.80 Å². The molecule has 0 bridgehead atoms. The molecule has 3 aliphatic heterocycles. The molecular formula is C26H27N3O4S2. The van der Waals surface area contributed by atoms with Crippen molar-refractivity contribution in [2.45, 2.75) is 16.2 Å². The number of amides is 2. The maximum Gasteiger partial charge on any atom is 0.254 e. The lowest BCUT2D eigenvalue weighted by Gasteiger charge is -2.42. The number of hydrogen-bond acceptors (Lipinski definition) is 7. The average molecular weight is 510 g/mol. The summed E-state index contributed by atoms with van der Waals surface area (Å²) in [6, 6.07) is 13.3. The normalized spacial score (nSPS) is 27.9. The van der Waals surface area contributed by atoms with Gasteiger partial charge in [0.2, 0.25) is 5.91 Å². The highest BCUT2D eigenvalue weighted by Crippen LogP contribution is 2.66. The van der Waals surface area contributed by atoms with Crippen LogP contribution in [0, 0.1) is 0 Å². The van der Waals surface area contributed by atoms with E-state index in [2.05, 4.69) is 6.58 Å². The van der Waals surface area contributed by atoms with Gasteiger partial charge in [0, 0.05) is 37.3 Å². The summed E-state index contributed by atoms with van der Waals surface area (Å²) in [5.41, 5.74) is 1.15. The van der Waals surface area contributed by atoms with Gasteiger partial charge in [-0.05, 0) is 42.9 Å². The van der Waals surface area contributed by atoms with E-state index in [4.69, 9.17) is 21.7 Å². The van der Waals surface area contributed by atoms with E-state index < -0.39 is 10.3 Å². The number of thioether (sulfide) groups is 1. The summed E-state index contributed by atoms with van der Waals surface area (Å²) >= 11 is 7.06.